The highest BCUT2D eigenvalue weighted by atomic mass is 35.5. The molecule has 1 amide bonds. The van der Waals surface area contributed by atoms with E-state index in [0.717, 1.165) is 41.9 Å². The highest BCUT2D eigenvalue weighted by molar-refractivity contribution is 7.98. The lowest BCUT2D eigenvalue weighted by Crippen LogP contribution is -2.40. The summed E-state index contributed by atoms with van der Waals surface area (Å²) in [6.45, 7) is 8.92. The van der Waals surface area contributed by atoms with Crippen molar-refractivity contribution in [3.63, 3.8) is 0 Å². The first kappa shape index (κ1) is 35.9. The number of hydrogen-bond acceptors (Lipinski definition) is 7. The number of thioether (sulfide) groups is 1. The molecule has 246 valence electrons. The van der Waals surface area contributed by atoms with Gasteiger partial charge >= 0.3 is 6.18 Å². The first-order valence-corrected chi connectivity index (χ1v) is 17.3. The molecule has 0 spiro atoms. The van der Waals surface area contributed by atoms with Crippen LogP contribution < -0.4 is 5.56 Å². The molecule has 46 heavy (non-hydrogen) atoms. The second kappa shape index (κ2) is 16.3. The van der Waals surface area contributed by atoms with E-state index in [1.165, 1.54) is 39.9 Å². The van der Waals surface area contributed by atoms with Crippen LogP contribution in [-0.2, 0) is 36.2 Å². The fraction of sp³-hybridized carbons (Fsp3) is 0.375. The van der Waals surface area contributed by atoms with E-state index >= 15 is 0 Å². The summed E-state index contributed by atoms with van der Waals surface area (Å²) in [7, 11) is 0. The van der Waals surface area contributed by atoms with Gasteiger partial charge in [0.2, 0.25) is 5.91 Å². The van der Waals surface area contributed by atoms with Crippen molar-refractivity contribution < 1.29 is 18.0 Å². The zero-order valence-electron chi connectivity index (χ0n) is 25.6. The Hall–Kier alpha value is -2.90. The van der Waals surface area contributed by atoms with Gasteiger partial charge in [-0.05, 0) is 60.0 Å². The van der Waals surface area contributed by atoms with Crippen molar-refractivity contribution in [1.82, 2.24) is 24.6 Å². The lowest BCUT2D eigenvalue weighted by molar-refractivity contribution is -0.137. The van der Waals surface area contributed by atoms with E-state index in [0.29, 0.717) is 51.2 Å². The van der Waals surface area contributed by atoms with Gasteiger partial charge in [-0.25, -0.2) is 4.68 Å². The van der Waals surface area contributed by atoms with E-state index in [-0.39, 0.29) is 18.1 Å². The third-order valence-electron chi connectivity index (χ3n) is 7.42. The molecule has 7 nitrogen and oxygen atoms in total. The maximum Gasteiger partial charge on any atom is 0.416 e. The fourth-order valence-electron chi connectivity index (χ4n) is 4.68. The zero-order valence-corrected chi connectivity index (χ0v) is 28.8. The van der Waals surface area contributed by atoms with Gasteiger partial charge < -0.3 is 9.80 Å². The summed E-state index contributed by atoms with van der Waals surface area (Å²) in [5.41, 5.74) is 2.22. The molecule has 4 aromatic rings. The molecule has 0 unspecified atom stereocenters. The molecule has 4 rings (SSSR count). The number of aryl methyl sites for hydroxylation is 1. The van der Waals surface area contributed by atoms with Gasteiger partial charge in [-0.2, -0.15) is 23.3 Å². The van der Waals surface area contributed by atoms with Gasteiger partial charge in [-0.15, -0.1) is 11.3 Å². The van der Waals surface area contributed by atoms with Crippen molar-refractivity contribution in [2.75, 3.05) is 26.2 Å². The maximum absolute atomic E-state index is 13.9. The van der Waals surface area contributed by atoms with Gasteiger partial charge in [0.15, 0.2) is 5.16 Å². The number of aromatic nitrogens is 3. The summed E-state index contributed by atoms with van der Waals surface area (Å²) in [6.07, 6.45) is -4.03. The molecule has 0 aliphatic rings. The van der Waals surface area contributed by atoms with Crippen LogP contribution in [0.2, 0.25) is 8.67 Å². The number of halogens is 5. The molecule has 0 radical (unpaired) electrons. The number of nitrogens with zero attached hydrogens (tertiary/aromatic N) is 5. The Morgan fingerprint density at radius 1 is 0.978 bits per heavy atom. The predicted molar refractivity (Wildman–Crippen MR) is 180 cm³/mol. The molecule has 0 fully saturated rings. The van der Waals surface area contributed by atoms with Crippen LogP contribution in [0.25, 0.3) is 11.1 Å². The number of alkyl halides is 3. The van der Waals surface area contributed by atoms with Crippen LogP contribution in [0, 0.1) is 0 Å². The van der Waals surface area contributed by atoms with E-state index in [9.17, 15) is 22.8 Å². The van der Waals surface area contributed by atoms with Crippen LogP contribution in [0.5, 0.6) is 0 Å². The summed E-state index contributed by atoms with van der Waals surface area (Å²) >= 11 is 14.9. The number of carbonyl (C=O) groups is 1. The van der Waals surface area contributed by atoms with Crippen molar-refractivity contribution in [3.8, 4) is 11.1 Å². The topological polar surface area (TPSA) is 71.3 Å². The van der Waals surface area contributed by atoms with Crippen LogP contribution >= 0.6 is 46.3 Å². The lowest BCUT2D eigenvalue weighted by atomic mass is 10.0. The molecule has 0 saturated heterocycles. The molecule has 0 saturated carbocycles. The number of thiophene rings is 1. The standard InChI is InChI=1S/C32H34Cl2F3N5O2S2/c1-4-26-30(44)38-31(45-20-24-17-27(33)46-29(24)34)42(39-26)19-28(43)41(16-15-40(5-2)6-3)18-21-7-9-22(10-8-21)23-11-13-25(14-12-23)32(35,36)37/h7-14,17H,4-6,15-16,18-20H2,1-3H3. The lowest BCUT2D eigenvalue weighted by Gasteiger charge is -2.27. The average Bonchev–Trinajstić information content (AvgIpc) is 3.36. The molecule has 0 aliphatic heterocycles. The monoisotopic (exact) mass is 711 g/mol. The molecular weight excluding hydrogens is 678 g/mol. The number of carbonyl (C=O) groups excluding carboxylic acids is 1. The second-order valence-corrected chi connectivity index (χ2v) is 13.6. The van der Waals surface area contributed by atoms with E-state index in [4.69, 9.17) is 23.2 Å². The molecule has 0 aliphatic carbocycles. The minimum atomic E-state index is -4.39. The largest absolute Gasteiger partial charge is 0.416 e. The van der Waals surface area contributed by atoms with Gasteiger partial charge in [-0.1, -0.05) is 92.1 Å². The molecule has 0 bridgehead atoms. The average molecular weight is 713 g/mol. The minimum Gasteiger partial charge on any atom is -0.335 e. The summed E-state index contributed by atoms with van der Waals surface area (Å²) in [5.74, 6) is 0.199. The Morgan fingerprint density at radius 3 is 2.15 bits per heavy atom. The van der Waals surface area contributed by atoms with Gasteiger partial charge in [0.25, 0.3) is 5.56 Å². The summed E-state index contributed by atoms with van der Waals surface area (Å²) in [6, 6.07) is 14.2. The van der Waals surface area contributed by atoms with Crippen molar-refractivity contribution in [2.24, 2.45) is 0 Å². The first-order chi connectivity index (χ1) is 21.9. The molecule has 14 heteroatoms. The van der Waals surface area contributed by atoms with E-state index < -0.39 is 17.3 Å². The van der Waals surface area contributed by atoms with Crippen LogP contribution in [0.1, 0.15) is 43.2 Å². The first-order valence-electron chi connectivity index (χ1n) is 14.7. The third kappa shape index (κ3) is 9.57. The Morgan fingerprint density at radius 2 is 1.61 bits per heavy atom. The summed E-state index contributed by atoms with van der Waals surface area (Å²) in [4.78, 5) is 34.7. The minimum absolute atomic E-state index is 0.122. The highest BCUT2D eigenvalue weighted by Crippen LogP contribution is 2.35. The van der Waals surface area contributed by atoms with Gasteiger partial charge in [0, 0.05) is 25.4 Å². The number of amides is 1. The molecule has 0 atom stereocenters. The molecular formula is C32H34Cl2F3N5O2S2. The fourth-order valence-corrected chi connectivity index (χ4v) is 7.26. The van der Waals surface area contributed by atoms with Crippen LogP contribution in [0.4, 0.5) is 13.2 Å². The SMILES string of the molecule is CCc1nn(CC(=O)N(CCN(CC)CC)Cc2ccc(-c3ccc(C(F)(F)F)cc3)cc2)c(SCc2cc(Cl)sc2Cl)nc1=O. The van der Waals surface area contributed by atoms with Crippen LogP contribution in [0.3, 0.4) is 0 Å². The highest BCUT2D eigenvalue weighted by Gasteiger charge is 2.30. The van der Waals surface area contributed by atoms with Gasteiger partial charge in [-0.3, -0.25) is 9.59 Å². The van der Waals surface area contributed by atoms with E-state index in [2.05, 4.69) is 28.8 Å². The van der Waals surface area contributed by atoms with Gasteiger partial charge in [0.1, 0.15) is 12.2 Å². The van der Waals surface area contributed by atoms with Crippen LogP contribution in [0.15, 0.2) is 64.5 Å². The Balaban J connectivity index is 1.55. The molecule has 0 N–H and O–H groups in total. The number of benzene rings is 2. The molecule has 2 aromatic carbocycles. The second-order valence-electron chi connectivity index (χ2n) is 10.4. The zero-order chi connectivity index (χ0) is 33.4. The Labute approximate surface area is 284 Å². The van der Waals surface area contributed by atoms with Crippen molar-refractivity contribution in [3.05, 3.63) is 96.0 Å². The normalized spacial score (nSPS) is 11.8. The van der Waals surface area contributed by atoms with Crippen LogP contribution in [-0.4, -0.2) is 56.7 Å². The van der Waals surface area contributed by atoms with E-state index in [1.807, 2.05) is 31.2 Å². The smallest absolute Gasteiger partial charge is 0.335 e. The molecule has 2 aromatic heterocycles. The number of rotatable bonds is 14. The van der Waals surface area contributed by atoms with Crippen molar-refractivity contribution >= 4 is 52.2 Å². The molecule has 2 heterocycles. The Bertz CT molecular complexity index is 1680. The maximum atomic E-state index is 13.9. The van der Waals surface area contributed by atoms with Crippen molar-refractivity contribution in [2.45, 2.75) is 57.4 Å². The third-order valence-corrected chi connectivity index (χ3v) is 10.0. The predicted octanol–water partition coefficient (Wildman–Crippen LogP) is 7.92. The number of likely N-dealkylation sites (N-methyl/N-ethyl adjacent to an activating group) is 1. The summed E-state index contributed by atoms with van der Waals surface area (Å²) in [5, 5.41) is 4.79. The Kier molecular flexibility index (Phi) is 12.7. The van der Waals surface area contributed by atoms with Gasteiger partial charge in [0.05, 0.1) is 14.2 Å². The van der Waals surface area contributed by atoms with E-state index in [1.54, 1.807) is 11.0 Å². The van der Waals surface area contributed by atoms with Crippen molar-refractivity contribution in [1.29, 1.82) is 0 Å². The number of hydrogen-bond donors (Lipinski definition) is 0. The quantitative estimate of drug-likeness (QED) is 0.124. The summed E-state index contributed by atoms with van der Waals surface area (Å²) < 4.78 is 41.6.